The third-order valence-electron chi connectivity index (χ3n) is 2.52. The zero-order valence-electron chi connectivity index (χ0n) is 9.47. The predicted molar refractivity (Wildman–Crippen MR) is 59.7 cm³/mol. The summed E-state index contributed by atoms with van der Waals surface area (Å²) >= 11 is 0. The Kier molecular flexibility index (Phi) is 3.61. The summed E-state index contributed by atoms with van der Waals surface area (Å²) in [6.45, 7) is 0. The van der Waals surface area contributed by atoms with Gasteiger partial charge < -0.3 is 5.11 Å². The molecule has 102 valence electrons. The van der Waals surface area contributed by atoms with Crippen molar-refractivity contribution in [3.8, 4) is 0 Å². The lowest BCUT2D eigenvalue weighted by Gasteiger charge is -2.16. The summed E-state index contributed by atoms with van der Waals surface area (Å²) in [4.78, 5) is 10.7. The van der Waals surface area contributed by atoms with Gasteiger partial charge in [0.1, 0.15) is 5.82 Å². The average Bonchev–Trinajstić information content (AvgIpc) is 2.78. The van der Waals surface area contributed by atoms with Crippen LogP contribution in [0, 0.1) is 5.82 Å². The topological polar surface area (TPSA) is 57.8 Å². The first-order valence-electron chi connectivity index (χ1n) is 5.31. The lowest BCUT2D eigenvalue weighted by atomic mass is 10.1. The third kappa shape index (κ3) is 3.14. The van der Waals surface area contributed by atoms with E-state index in [9.17, 15) is 17.6 Å². The van der Waals surface area contributed by atoms with Crippen molar-refractivity contribution >= 4 is 11.9 Å². The highest BCUT2D eigenvalue weighted by Crippen LogP contribution is 2.25. The molecule has 2 atom stereocenters. The molecule has 1 aromatic rings. The van der Waals surface area contributed by atoms with E-state index < -0.39 is 24.3 Å². The van der Waals surface area contributed by atoms with Gasteiger partial charge in [0.2, 0.25) is 0 Å². The summed E-state index contributed by atoms with van der Waals surface area (Å²) in [6.07, 6.45) is -5.57. The van der Waals surface area contributed by atoms with Crippen LogP contribution in [0.2, 0.25) is 0 Å². The molecule has 2 rings (SSSR count). The summed E-state index contributed by atoms with van der Waals surface area (Å²) in [5.74, 6) is -0.571. The molecule has 0 aliphatic carbocycles. The molecular formula is C11H9F4N3O. The van der Waals surface area contributed by atoms with E-state index in [1.165, 1.54) is 12.3 Å². The van der Waals surface area contributed by atoms with Crippen molar-refractivity contribution in [1.82, 2.24) is 4.98 Å². The molecule has 0 amide bonds. The Labute approximate surface area is 105 Å². The number of rotatable bonds is 3. The molecule has 8 heteroatoms. The predicted octanol–water partition coefficient (Wildman–Crippen LogP) is 1.54. The van der Waals surface area contributed by atoms with Crippen LogP contribution >= 0.6 is 0 Å². The van der Waals surface area contributed by atoms with Crippen molar-refractivity contribution in [1.29, 1.82) is 0 Å². The lowest BCUT2D eigenvalue weighted by Crippen LogP contribution is -2.37. The van der Waals surface area contributed by atoms with E-state index in [2.05, 4.69) is 15.0 Å². The monoisotopic (exact) mass is 275 g/mol. The molecule has 1 aliphatic heterocycles. The first kappa shape index (κ1) is 13.6. The van der Waals surface area contributed by atoms with E-state index >= 15 is 0 Å². The number of alkyl halides is 3. The molecule has 4 nitrogen and oxygen atoms in total. The average molecular weight is 275 g/mol. The molecule has 1 aliphatic rings. The Balaban J connectivity index is 2.09. The fraction of sp³-hybridized carbons (Fsp3) is 0.364. The standard InChI is InChI=1S/C11H9F4N3O/c12-8-5-16-2-1-6(8)3-7-4-17-10(18-7)9(19)11(13,14)15/h1-2,4-5,9-10,19H,3H2/t9-,10?/m1/s1. The van der Waals surface area contributed by atoms with Crippen molar-refractivity contribution in [3.63, 3.8) is 0 Å². The van der Waals surface area contributed by atoms with Gasteiger partial charge in [-0.25, -0.2) is 4.39 Å². The highest BCUT2D eigenvalue weighted by Gasteiger charge is 2.44. The van der Waals surface area contributed by atoms with Crippen LogP contribution in [0.25, 0.3) is 0 Å². The molecule has 0 saturated carbocycles. The number of pyridine rings is 1. The van der Waals surface area contributed by atoms with Crippen LogP contribution in [0.15, 0.2) is 28.4 Å². The maximum absolute atomic E-state index is 13.3. The van der Waals surface area contributed by atoms with Gasteiger partial charge in [-0.1, -0.05) is 0 Å². The highest BCUT2D eigenvalue weighted by molar-refractivity contribution is 6.32. The van der Waals surface area contributed by atoms with E-state index in [4.69, 9.17) is 5.11 Å². The minimum atomic E-state index is -4.79. The SMILES string of the molecule is O[C@H](C1N=CC(Cc2ccncc2F)=N1)C(F)(F)F. The minimum Gasteiger partial charge on any atom is -0.380 e. The van der Waals surface area contributed by atoms with Crippen LogP contribution in [-0.4, -0.2) is 40.5 Å². The van der Waals surface area contributed by atoms with Crippen LogP contribution in [0.5, 0.6) is 0 Å². The van der Waals surface area contributed by atoms with Gasteiger partial charge in [0.25, 0.3) is 0 Å². The summed E-state index contributed by atoms with van der Waals surface area (Å²) < 4.78 is 50.1. The van der Waals surface area contributed by atoms with E-state index in [1.807, 2.05) is 0 Å². The summed E-state index contributed by atoms with van der Waals surface area (Å²) in [5.41, 5.74) is 0.431. The Hall–Kier alpha value is -1.83. The Morgan fingerprint density at radius 3 is 2.74 bits per heavy atom. The van der Waals surface area contributed by atoms with Gasteiger partial charge in [-0.15, -0.1) is 0 Å². The third-order valence-corrected chi connectivity index (χ3v) is 2.52. The van der Waals surface area contributed by atoms with Crippen molar-refractivity contribution < 1.29 is 22.7 Å². The molecule has 0 radical (unpaired) electrons. The van der Waals surface area contributed by atoms with Crippen molar-refractivity contribution in [2.45, 2.75) is 24.9 Å². The van der Waals surface area contributed by atoms with Gasteiger partial charge in [-0.05, 0) is 11.6 Å². The number of hydrogen-bond acceptors (Lipinski definition) is 4. The number of halogens is 4. The number of nitrogens with zero attached hydrogens (tertiary/aromatic N) is 3. The van der Waals surface area contributed by atoms with Gasteiger partial charge >= 0.3 is 6.18 Å². The van der Waals surface area contributed by atoms with Crippen molar-refractivity contribution in [3.05, 3.63) is 29.8 Å². The smallest absolute Gasteiger partial charge is 0.380 e. The molecule has 0 spiro atoms. The van der Waals surface area contributed by atoms with E-state index in [0.717, 1.165) is 12.4 Å². The van der Waals surface area contributed by atoms with Crippen LogP contribution < -0.4 is 0 Å². The molecule has 0 saturated heterocycles. The van der Waals surface area contributed by atoms with Crippen molar-refractivity contribution in [2.24, 2.45) is 9.98 Å². The number of aliphatic hydroxyl groups excluding tert-OH is 1. The van der Waals surface area contributed by atoms with E-state index in [0.29, 0.717) is 0 Å². The molecule has 0 fully saturated rings. The Morgan fingerprint density at radius 2 is 2.11 bits per heavy atom. The van der Waals surface area contributed by atoms with Gasteiger partial charge in [0, 0.05) is 18.8 Å². The molecule has 1 unspecified atom stereocenters. The number of aromatic nitrogens is 1. The fourth-order valence-corrected chi connectivity index (χ4v) is 1.55. The summed E-state index contributed by atoms with van der Waals surface area (Å²) in [7, 11) is 0. The van der Waals surface area contributed by atoms with Crippen LogP contribution in [0.4, 0.5) is 17.6 Å². The second kappa shape index (κ2) is 5.04. The maximum Gasteiger partial charge on any atom is 0.418 e. The zero-order valence-corrected chi connectivity index (χ0v) is 9.47. The molecule has 19 heavy (non-hydrogen) atoms. The second-order valence-electron chi connectivity index (χ2n) is 3.94. The second-order valence-corrected chi connectivity index (χ2v) is 3.94. The van der Waals surface area contributed by atoms with Crippen LogP contribution in [0.1, 0.15) is 5.56 Å². The summed E-state index contributed by atoms with van der Waals surface area (Å²) in [5, 5.41) is 8.99. The molecule has 1 aromatic heterocycles. The zero-order chi connectivity index (χ0) is 14.0. The molecule has 1 N–H and O–H groups in total. The number of aliphatic imine (C=N–C) groups is 2. The summed E-state index contributed by atoms with van der Waals surface area (Å²) in [6, 6.07) is 1.40. The molecule has 0 aromatic carbocycles. The normalized spacial score (nSPS) is 20.5. The van der Waals surface area contributed by atoms with Crippen LogP contribution in [-0.2, 0) is 6.42 Å². The first-order valence-corrected chi connectivity index (χ1v) is 5.31. The lowest BCUT2D eigenvalue weighted by molar-refractivity contribution is -0.208. The largest absolute Gasteiger partial charge is 0.418 e. The van der Waals surface area contributed by atoms with Gasteiger partial charge in [0.05, 0.1) is 11.9 Å². The molecular weight excluding hydrogens is 266 g/mol. The minimum absolute atomic E-state index is 0.00106. The van der Waals surface area contributed by atoms with Gasteiger partial charge in [0.15, 0.2) is 12.3 Å². The first-order chi connectivity index (χ1) is 8.88. The maximum atomic E-state index is 13.3. The van der Waals surface area contributed by atoms with E-state index in [1.54, 1.807) is 0 Å². The van der Waals surface area contributed by atoms with Crippen LogP contribution in [0.3, 0.4) is 0 Å². The fourth-order valence-electron chi connectivity index (χ4n) is 1.55. The van der Waals surface area contributed by atoms with Gasteiger partial charge in [-0.2, -0.15) is 13.2 Å². The quantitative estimate of drug-likeness (QED) is 0.851. The number of hydrogen-bond donors (Lipinski definition) is 1. The number of aliphatic hydroxyl groups is 1. The molecule has 2 heterocycles. The van der Waals surface area contributed by atoms with Gasteiger partial charge in [-0.3, -0.25) is 15.0 Å². The molecule has 0 bridgehead atoms. The van der Waals surface area contributed by atoms with Crippen molar-refractivity contribution in [2.75, 3.05) is 0 Å². The van der Waals surface area contributed by atoms with E-state index in [-0.39, 0.29) is 17.7 Å². The highest BCUT2D eigenvalue weighted by atomic mass is 19.4. The Morgan fingerprint density at radius 1 is 1.37 bits per heavy atom. The Bertz CT molecular complexity index is 527.